The molecular formula is C20H23N5O2. The zero-order valence-electron chi connectivity index (χ0n) is 15.6. The van der Waals surface area contributed by atoms with Crippen LogP contribution in [0.25, 0.3) is 11.4 Å². The summed E-state index contributed by atoms with van der Waals surface area (Å²) < 4.78 is 5.30. The summed E-state index contributed by atoms with van der Waals surface area (Å²) in [5.41, 5.74) is 3.01. The van der Waals surface area contributed by atoms with Gasteiger partial charge in [-0.05, 0) is 35.8 Å². The molecule has 0 unspecified atom stereocenters. The van der Waals surface area contributed by atoms with Gasteiger partial charge >= 0.3 is 0 Å². The zero-order valence-corrected chi connectivity index (χ0v) is 15.6. The molecular weight excluding hydrogens is 342 g/mol. The standard InChI is InChI=1S/C20H23N5O2/c1-15-10-11-16(13-18(15)27-2)14-21-19(26)9-6-12-25-23-20(22-24-25)17-7-4-3-5-8-17/h3-5,7-8,10-11,13H,6,9,12,14H2,1-2H3,(H,21,26). The first-order valence-electron chi connectivity index (χ1n) is 8.89. The molecule has 1 N–H and O–H groups in total. The second-order valence-electron chi connectivity index (χ2n) is 6.26. The Hall–Kier alpha value is -3.22. The maximum absolute atomic E-state index is 12.0. The summed E-state index contributed by atoms with van der Waals surface area (Å²) >= 11 is 0. The third kappa shape index (κ3) is 5.13. The van der Waals surface area contributed by atoms with Crippen molar-refractivity contribution < 1.29 is 9.53 Å². The minimum atomic E-state index is -0.00191. The molecule has 0 saturated heterocycles. The molecule has 0 atom stereocenters. The average molecular weight is 365 g/mol. The molecule has 7 nitrogen and oxygen atoms in total. The SMILES string of the molecule is COc1cc(CNC(=O)CCCn2nnc(-c3ccccc3)n2)ccc1C. The highest BCUT2D eigenvalue weighted by Crippen LogP contribution is 2.18. The molecule has 0 spiro atoms. The van der Waals surface area contributed by atoms with Crippen molar-refractivity contribution in [1.29, 1.82) is 0 Å². The number of tetrazole rings is 1. The molecule has 0 aliphatic rings. The lowest BCUT2D eigenvalue weighted by Crippen LogP contribution is -2.23. The molecule has 0 saturated carbocycles. The van der Waals surface area contributed by atoms with Crippen molar-refractivity contribution in [1.82, 2.24) is 25.5 Å². The maximum atomic E-state index is 12.0. The Morgan fingerprint density at radius 1 is 1.19 bits per heavy atom. The molecule has 2 aromatic carbocycles. The number of amides is 1. The van der Waals surface area contributed by atoms with Crippen LogP contribution in [0.4, 0.5) is 0 Å². The molecule has 140 valence electrons. The topological polar surface area (TPSA) is 81.9 Å². The molecule has 1 aromatic heterocycles. The molecule has 0 aliphatic heterocycles. The van der Waals surface area contributed by atoms with Crippen LogP contribution < -0.4 is 10.1 Å². The molecule has 0 radical (unpaired) electrons. The number of carbonyl (C=O) groups is 1. The highest BCUT2D eigenvalue weighted by Gasteiger charge is 2.07. The number of carbonyl (C=O) groups excluding carboxylic acids is 1. The van der Waals surface area contributed by atoms with Crippen molar-refractivity contribution >= 4 is 5.91 Å². The Kier molecular flexibility index (Phi) is 6.14. The fourth-order valence-corrected chi connectivity index (χ4v) is 2.69. The maximum Gasteiger partial charge on any atom is 0.220 e. The first-order chi connectivity index (χ1) is 13.2. The normalized spacial score (nSPS) is 10.6. The third-order valence-electron chi connectivity index (χ3n) is 4.21. The number of nitrogens with one attached hydrogen (secondary N) is 1. The van der Waals surface area contributed by atoms with E-state index < -0.39 is 0 Å². The van der Waals surface area contributed by atoms with Crippen molar-refractivity contribution in [3.8, 4) is 17.1 Å². The lowest BCUT2D eigenvalue weighted by Gasteiger charge is -2.09. The first kappa shape index (κ1) is 18.6. The van der Waals surface area contributed by atoms with Crippen LogP contribution in [0.1, 0.15) is 24.0 Å². The summed E-state index contributed by atoms with van der Waals surface area (Å²) in [6.45, 7) is 3.02. The Morgan fingerprint density at radius 2 is 2.00 bits per heavy atom. The molecule has 1 heterocycles. The molecule has 0 bridgehead atoms. The summed E-state index contributed by atoms with van der Waals surface area (Å²) in [6.07, 6.45) is 1.05. The van der Waals surface area contributed by atoms with E-state index in [4.69, 9.17) is 4.74 Å². The number of rotatable bonds is 8. The van der Waals surface area contributed by atoms with Gasteiger partial charge < -0.3 is 10.1 Å². The fraction of sp³-hybridized carbons (Fsp3) is 0.300. The van der Waals surface area contributed by atoms with E-state index in [1.165, 1.54) is 4.80 Å². The van der Waals surface area contributed by atoms with Gasteiger partial charge in [0.25, 0.3) is 0 Å². The van der Waals surface area contributed by atoms with Crippen LogP contribution in [0.2, 0.25) is 0 Å². The summed E-state index contributed by atoms with van der Waals surface area (Å²) in [6, 6.07) is 15.6. The average Bonchev–Trinajstić information content (AvgIpc) is 3.17. The largest absolute Gasteiger partial charge is 0.496 e. The van der Waals surface area contributed by atoms with Gasteiger partial charge in [0, 0.05) is 18.5 Å². The van der Waals surface area contributed by atoms with Crippen molar-refractivity contribution in [3.05, 3.63) is 59.7 Å². The number of benzene rings is 2. The lowest BCUT2D eigenvalue weighted by atomic mass is 10.1. The van der Waals surface area contributed by atoms with Crippen LogP contribution in [0, 0.1) is 6.92 Å². The summed E-state index contributed by atoms with van der Waals surface area (Å²) in [5, 5.41) is 15.4. The molecule has 1 amide bonds. The predicted molar refractivity (Wildman–Crippen MR) is 102 cm³/mol. The highest BCUT2D eigenvalue weighted by molar-refractivity contribution is 5.75. The Morgan fingerprint density at radius 3 is 2.78 bits per heavy atom. The summed E-state index contributed by atoms with van der Waals surface area (Å²) in [4.78, 5) is 13.6. The smallest absolute Gasteiger partial charge is 0.220 e. The van der Waals surface area contributed by atoms with Crippen molar-refractivity contribution in [2.75, 3.05) is 7.11 Å². The van der Waals surface area contributed by atoms with Crippen LogP contribution in [-0.2, 0) is 17.9 Å². The monoisotopic (exact) mass is 365 g/mol. The van der Waals surface area contributed by atoms with Gasteiger partial charge in [-0.3, -0.25) is 4.79 Å². The number of aryl methyl sites for hydroxylation is 2. The van der Waals surface area contributed by atoms with E-state index in [0.29, 0.717) is 31.8 Å². The van der Waals surface area contributed by atoms with Gasteiger partial charge in [-0.1, -0.05) is 42.5 Å². The first-order valence-corrected chi connectivity index (χ1v) is 8.89. The van der Waals surface area contributed by atoms with Crippen LogP contribution in [-0.4, -0.2) is 33.2 Å². The highest BCUT2D eigenvalue weighted by atomic mass is 16.5. The Labute approximate surface area is 158 Å². The molecule has 0 aliphatic carbocycles. The number of hydrogen-bond acceptors (Lipinski definition) is 5. The minimum Gasteiger partial charge on any atom is -0.496 e. The van der Waals surface area contributed by atoms with Gasteiger partial charge in [0.05, 0.1) is 13.7 Å². The molecule has 27 heavy (non-hydrogen) atoms. The van der Waals surface area contributed by atoms with Crippen LogP contribution in [0.5, 0.6) is 5.75 Å². The zero-order chi connectivity index (χ0) is 19.1. The van der Waals surface area contributed by atoms with Gasteiger partial charge in [-0.2, -0.15) is 4.80 Å². The van der Waals surface area contributed by atoms with Crippen molar-refractivity contribution in [2.24, 2.45) is 0 Å². The molecule has 7 heteroatoms. The molecule has 0 fully saturated rings. The minimum absolute atomic E-state index is 0.00191. The Bertz CT molecular complexity index is 892. The van der Waals surface area contributed by atoms with Crippen LogP contribution in [0.15, 0.2) is 48.5 Å². The number of hydrogen-bond donors (Lipinski definition) is 1. The van der Waals surface area contributed by atoms with E-state index in [-0.39, 0.29) is 5.91 Å². The van der Waals surface area contributed by atoms with Gasteiger partial charge in [-0.15, -0.1) is 10.2 Å². The quantitative estimate of drug-likeness (QED) is 0.664. The number of nitrogens with zero attached hydrogens (tertiary/aromatic N) is 4. The Balaban J connectivity index is 1.43. The van der Waals surface area contributed by atoms with Gasteiger partial charge in [0.1, 0.15) is 5.75 Å². The van der Waals surface area contributed by atoms with E-state index in [0.717, 1.165) is 22.4 Å². The van der Waals surface area contributed by atoms with E-state index in [1.54, 1.807) is 7.11 Å². The number of aromatic nitrogens is 4. The van der Waals surface area contributed by atoms with Gasteiger partial charge in [-0.25, -0.2) is 0 Å². The lowest BCUT2D eigenvalue weighted by molar-refractivity contribution is -0.121. The van der Waals surface area contributed by atoms with E-state index >= 15 is 0 Å². The van der Waals surface area contributed by atoms with E-state index in [9.17, 15) is 4.79 Å². The molecule has 3 aromatic rings. The van der Waals surface area contributed by atoms with Crippen LogP contribution in [0.3, 0.4) is 0 Å². The number of methoxy groups -OCH3 is 1. The molecule has 3 rings (SSSR count). The van der Waals surface area contributed by atoms with Gasteiger partial charge in [0.2, 0.25) is 11.7 Å². The third-order valence-corrected chi connectivity index (χ3v) is 4.21. The second-order valence-corrected chi connectivity index (χ2v) is 6.26. The summed E-state index contributed by atoms with van der Waals surface area (Å²) in [7, 11) is 1.64. The van der Waals surface area contributed by atoms with E-state index in [1.807, 2.05) is 55.5 Å². The van der Waals surface area contributed by atoms with Crippen molar-refractivity contribution in [3.63, 3.8) is 0 Å². The van der Waals surface area contributed by atoms with Crippen LogP contribution >= 0.6 is 0 Å². The second kappa shape index (κ2) is 8.93. The van der Waals surface area contributed by atoms with E-state index in [2.05, 4.69) is 20.7 Å². The number of ether oxygens (including phenoxy) is 1. The fourth-order valence-electron chi connectivity index (χ4n) is 2.69. The summed E-state index contributed by atoms with van der Waals surface area (Å²) in [5.74, 6) is 1.42. The van der Waals surface area contributed by atoms with Crippen molar-refractivity contribution in [2.45, 2.75) is 32.9 Å². The van der Waals surface area contributed by atoms with Gasteiger partial charge in [0.15, 0.2) is 0 Å². The predicted octanol–water partition coefficient (Wildman–Crippen LogP) is 2.75.